The van der Waals surface area contributed by atoms with Gasteiger partial charge < -0.3 is 81.8 Å². The number of nitrogens with zero attached hydrogens (tertiary/aromatic N) is 7. The van der Waals surface area contributed by atoms with E-state index in [9.17, 15) is 82.4 Å². The number of thiocarbonyl (C=S) groups is 1. The van der Waals surface area contributed by atoms with Gasteiger partial charge in [0.1, 0.15) is 78.4 Å². The number of oxime groups is 3. The van der Waals surface area contributed by atoms with Crippen molar-refractivity contribution >= 4 is 249 Å². The number of carboxylic acids is 4. The number of anilines is 1. The van der Waals surface area contributed by atoms with E-state index < -0.39 is 117 Å². The molecule has 107 heavy (non-hydrogen) atoms. The topological polar surface area (TPSA) is 575 Å². The Hall–Kier alpha value is -8.46. The molecule has 0 radical (unpaired) electrons. The number of halogens is 3. The van der Waals surface area contributed by atoms with Crippen LogP contribution in [0.4, 0.5) is 5.13 Å². The van der Waals surface area contributed by atoms with Crippen molar-refractivity contribution in [2.75, 3.05) is 73.3 Å². The van der Waals surface area contributed by atoms with Gasteiger partial charge in [-0.05, 0) is 65.3 Å². The largest absolute Gasteiger partial charge is 0.477 e. The zero-order valence-electron chi connectivity index (χ0n) is 53.2. The molecular weight excluding hydrogens is 1730 g/mol. The summed E-state index contributed by atoms with van der Waals surface area (Å²) in [6.07, 6.45) is 4.13. The molecule has 4 aromatic heterocycles. The van der Waals surface area contributed by atoms with Crippen LogP contribution in [-0.4, -0.2) is 245 Å². The molecule has 37 nitrogen and oxygen atoms in total. The minimum atomic E-state index is -1.45. The van der Waals surface area contributed by atoms with Gasteiger partial charge in [0.05, 0.1) is 30.5 Å². The van der Waals surface area contributed by atoms with Crippen LogP contribution < -0.4 is 33.6 Å². The molecule has 6 aliphatic heterocycles. The Kier molecular flexibility index (Phi) is 39.6. The molecule has 10 rings (SSSR count). The summed E-state index contributed by atoms with van der Waals surface area (Å²) in [5, 5.41) is 51.2. The highest BCUT2D eigenvalue weighted by molar-refractivity contribution is 14.0. The number of β-lactam (4-membered cyclic amide) rings is 3. The van der Waals surface area contributed by atoms with E-state index in [0.717, 1.165) is 70.6 Å². The molecule has 48 heteroatoms. The van der Waals surface area contributed by atoms with Crippen molar-refractivity contribution in [3.63, 3.8) is 0 Å². The van der Waals surface area contributed by atoms with Gasteiger partial charge in [-0.1, -0.05) is 73.0 Å². The van der Waals surface area contributed by atoms with Gasteiger partial charge in [-0.15, -0.1) is 93.8 Å². The smallest absolute Gasteiger partial charge is 0.361 e. The van der Waals surface area contributed by atoms with Gasteiger partial charge >= 0.3 is 23.9 Å². The van der Waals surface area contributed by atoms with Gasteiger partial charge in [-0.3, -0.25) is 62.6 Å². The molecule has 0 saturated carbocycles. The maximum Gasteiger partial charge on any atom is 0.361 e. The molecule has 6 atom stereocenters. The lowest BCUT2D eigenvalue weighted by Gasteiger charge is -2.49. The number of furan rings is 3. The lowest BCUT2D eigenvalue weighted by atomic mass is 10.0. The molecule has 3 saturated heterocycles. The number of nitrogens with two attached hydrogens (primary N) is 4. The molecule has 4 aromatic rings. The van der Waals surface area contributed by atoms with E-state index in [0.29, 0.717) is 22.5 Å². The average Bonchev–Trinajstić information content (AvgIpc) is 1.26. The zero-order valence-corrected chi connectivity index (χ0v) is 63.6. The molecule has 14 N–H and O–H groups in total. The van der Waals surface area contributed by atoms with Crippen molar-refractivity contribution in [2.24, 2.45) is 32.7 Å². The number of fused-ring (bicyclic) bond motifs is 3. The summed E-state index contributed by atoms with van der Waals surface area (Å²) in [5.74, 6) is -9.30. The number of hydrogen-bond donors (Lipinski definition) is 10. The number of thioether (sulfide) groups is 6. The van der Waals surface area contributed by atoms with E-state index in [1.54, 1.807) is 24.3 Å². The third kappa shape index (κ3) is 24.0. The van der Waals surface area contributed by atoms with Crippen LogP contribution in [0, 0.1) is 0 Å². The predicted octanol–water partition coefficient (Wildman–Crippen LogP) is 4.01. The van der Waals surface area contributed by atoms with Crippen molar-refractivity contribution < 1.29 is 115 Å². The number of Topliss-reactive ketones (excluding diaryl/α,β-unsaturated/α-hetero) is 2. The second kappa shape index (κ2) is 44.7. The third-order valence-electron chi connectivity index (χ3n) is 13.4. The van der Waals surface area contributed by atoms with Crippen LogP contribution in [0.15, 0.2) is 123 Å². The van der Waals surface area contributed by atoms with Crippen LogP contribution in [0.2, 0.25) is 0 Å². The number of alkyl halides is 2. The highest BCUT2D eigenvalue weighted by Gasteiger charge is 2.56. The summed E-state index contributed by atoms with van der Waals surface area (Å²) < 4.78 is 15.1. The number of carboxylic acid groups (broad SMARTS) is 4. The average molecular weight is 1800 g/mol. The first kappa shape index (κ1) is 94.6. The lowest BCUT2D eigenvalue weighted by Crippen LogP contribution is -2.71. The van der Waals surface area contributed by atoms with Crippen LogP contribution in [0.1, 0.15) is 59.6 Å². The maximum atomic E-state index is 12.8. The zero-order chi connectivity index (χ0) is 76.1. The van der Waals surface area contributed by atoms with Crippen molar-refractivity contribution in [2.45, 2.75) is 56.5 Å². The Morgan fingerprint density at radius 1 is 0.598 bits per heavy atom. The first-order valence-corrected chi connectivity index (χ1v) is 36.6. The van der Waals surface area contributed by atoms with Crippen molar-refractivity contribution in [3.05, 3.63) is 117 Å². The molecule has 0 aliphatic carbocycles. The molecule has 0 spiro atoms. The first-order chi connectivity index (χ1) is 49.0. The van der Waals surface area contributed by atoms with Crippen LogP contribution in [0.3, 0.4) is 0 Å². The Labute approximate surface area is 669 Å². The van der Waals surface area contributed by atoms with E-state index in [1.807, 2.05) is 0 Å². The fourth-order valence-electron chi connectivity index (χ4n) is 8.98. The number of aromatic nitrogens is 1. The molecule has 5 amide bonds. The number of carbonyl (C=O) groups excluding carboxylic acids is 10. The van der Waals surface area contributed by atoms with Gasteiger partial charge in [-0.2, -0.15) is 0 Å². The Morgan fingerprint density at radius 3 is 1.26 bits per heavy atom. The van der Waals surface area contributed by atoms with E-state index in [1.165, 1.54) is 83.6 Å². The Bertz CT molecular complexity index is 4170. The monoisotopic (exact) mass is 1800 g/mol. The van der Waals surface area contributed by atoms with Gasteiger partial charge in [0.2, 0.25) is 28.9 Å². The normalized spacial score (nSPS) is 18.7. The number of nitrogen functional groups attached to an aromatic ring is 1. The van der Waals surface area contributed by atoms with Gasteiger partial charge in [-0.25, -0.2) is 24.2 Å². The summed E-state index contributed by atoms with van der Waals surface area (Å²) in [4.78, 5) is 187. The number of nitrogens with one attached hydrogen (secondary N) is 2. The number of carbonyl (C=O) groups is 14. The number of rotatable bonds is 25. The SMILES string of the molecule is C.C.C.CO/N=C(/C(=O)CCl)C(=O)NC1C(=O)N2C(C(=O)O)=C(CSC(=O)c3ccco3)CSC12.CO/N=C(\C(=O)NC1C(=O)N2C(C(=O)O)=C(CSC(=O)c3ccco3)CSC12)c1csc(N)n1.CO/N=C(\C(=O)O)C(=O)CCl.I.NC(N)=S.NC1C(=O)N2C(C(=O)O)=C(CSC(=O)c3ccco3)CSC12. The fourth-order valence-corrected chi connectivity index (χ4v) is 16.6. The van der Waals surface area contributed by atoms with Gasteiger partial charge in [0.25, 0.3) is 39.0 Å². The van der Waals surface area contributed by atoms with Crippen LogP contribution >= 0.6 is 141 Å². The number of hydrogen-bond acceptors (Lipinski definition) is 34. The third-order valence-corrected chi connectivity index (χ3v) is 21.4. The summed E-state index contributed by atoms with van der Waals surface area (Å²) in [6, 6.07) is 6.62. The second-order valence-corrected chi connectivity index (χ2v) is 27.9. The van der Waals surface area contributed by atoms with E-state index in [2.05, 4.69) is 64.4 Å². The van der Waals surface area contributed by atoms with Crippen molar-refractivity contribution in [3.8, 4) is 0 Å². The quantitative estimate of drug-likeness (QED) is 0.00852. The summed E-state index contributed by atoms with van der Waals surface area (Å²) in [6.45, 7) is 0. The number of amides is 5. The predicted molar refractivity (Wildman–Crippen MR) is 416 cm³/mol. The molecular formula is C59H68Cl2IN13O24S8. The summed E-state index contributed by atoms with van der Waals surface area (Å²) in [7, 11) is 3.54. The first-order valence-electron chi connectivity index (χ1n) is 28.2. The number of thiazole rings is 1. The van der Waals surface area contributed by atoms with Gasteiger partial charge in [0, 0.05) is 39.9 Å². The van der Waals surface area contributed by atoms with Crippen molar-refractivity contribution in [1.29, 1.82) is 0 Å². The van der Waals surface area contributed by atoms with Crippen LogP contribution in [0.5, 0.6) is 0 Å². The molecule has 3 fully saturated rings. The lowest BCUT2D eigenvalue weighted by molar-refractivity contribution is -0.150. The Balaban J connectivity index is 0.000000495. The highest BCUT2D eigenvalue weighted by Crippen LogP contribution is 2.44. The minimum absolute atomic E-state index is 0. The second-order valence-electron chi connectivity index (χ2n) is 19.8. The van der Waals surface area contributed by atoms with Gasteiger partial charge in [0.15, 0.2) is 33.2 Å². The van der Waals surface area contributed by atoms with E-state index >= 15 is 0 Å². The van der Waals surface area contributed by atoms with Crippen molar-refractivity contribution in [1.82, 2.24) is 30.3 Å². The summed E-state index contributed by atoms with van der Waals surface area (Å²) in [5.41, 5.74) is 20.2. The molecule has 0 bridgehead atoms. The molecule has 10 heterocycles. The van der Waals surface area contributed by atoms with Crippen LogP contribution in [0.25, 0.3) is 0 Å². The molecule has 6 aliphatic rings. The molecule has 582 valence electrons. The fraction of sp³-hybridized carbons (Fsp3) is 0.339. The van der Waals surface area contributed by atoms with E-state index in [4.69, 9.17) is 57.9 Å². The number of aliphatic carboxylic acids is 4. The standard InChI is InChI=1S/C19H17N5O7S3.C18H16ClN3O8S2.C13H12N2O5S2.C5H6ClNO4.CH4N2S.3CH4.HI/c1-30-23-11(9-7-34-19(20)21-9)14(25)22-12-15(26)24-13(17(27)28)8(5-32-16(12)24)6-33-18(29)10-3-2-4-31-10;1-29-21-11(9(23)5-19)14(24)20-12-15(25)22-13(17(26)27)8(6-31-16(12)22)7-32-18(28)10-3-2-4-30-10;14-8-10(16)15-9(12(17)18)6(4-21-11(8)15)5-22-13(19)7-2-1-3-20-7;1-11-7-4(5(9)10)3(8)2-6;2-1(3)4;;;;/h2-4,7,12,16H,5-6H2,1H3,(H2,20,21)(H,22,25)(H,27,28);2-4,12,16H,5-7H2,1H3,(H,20,24)(H,26,27);1-3,8,11H,4-5,14H2,(H,17,18);2H2,1H3,(H,9,10);(H4,2,3,4);3*1H4;1H/b23-11-;21-11-;;7-4-;;;;;. The molecule has 6 unspecified atom stereocenters. The minimum Gasteiger partial charge on any atom is -0.477 e. The van der Waals surface area contributed by atoms with Crippen LogP contribution in [-0.2, 0) is 67.3 Å². The number of ketones is 2. The highest BCUT2D eigenvalue weighted by atomic mass is 127. The van der Waals surface area contributed by atoms with E-state index in [-0.39, 0.29) is 152 Å². The maximum absolute atomic E-state index is 12.8. The summed E-state index contributed by atoms with van der Waals surface area (Å²) >= 11 is 22.4. The Morgan fingerprint density at radius 2 is 0.944 bits per heavy atom. The molecule has 0 aromatic carbocycles.